The number of carbonyl (C=O) groups is 1. The summed E-state index contributed by atoms with van der Waals surface area (Å²) < 4.78 is 13.1. The maximum atomic E-state index is 13.1. The van der Waals surface area contributed by atoms with Crippen LogP contribution in [0.4, 0.5) is 10.2 Å². The Labute approximate surface area is 168 Å². The van der Waals surface area contributed by atoms with Crippen molar-refractivity contribution in [1.29, 1.82) is 5.26 Å². The molecule has 3 aromatic rings. The molecule has 0 radical (unpaired) electrons. The molecule has 0 aliphatic carbocycles. The van der Waals surface area contributed by atoms with Crippen LogP contribution in [0.3, 0.4) is 0 Å². The Bertz CT molecular complexity index is 1040. The average molecular weight is 389 g/mol. The molecule has 2 heterocycles. The number of hydrogen-bond donors (Lipinski definition) is 2. The summed E-state index contributed by atoms with van der Waals surface area (Å²) in [5.74, 6) is 0.391. The van der Waals surface area contributed by atoms with Crippen molar-refractivity contribution in [3.63, 3.8) is 0 Å². The van der Waals surface area contributed by atoms with Crippen LogP contribution in [0.2, 0.25) is 0 Å². The largest absolute Gasteiger partial charge is 0.353 e. The van der Waals surface area contributed by atoms with Crippen LogP contribution >= 0.6 is 0 Å². The van der Waals surface area contributed by atoms with Crippen molar-refractivity contribution in [2.75, 3.05) is 18.0 Å². The first-order valence-corrected chi connectivity index (χ1v) is 9.50. The maximum absolute atomic E-state index is 13.1. The lowest BCUT2D eigenvalue weighted by molar-refractivity contribution is 0.0933. The van der Waals surface area contributed by atoms with E-state index >= 15 is 0 Å². The average Bonchev–Trinajstić information content (AvgIpc) is 3.25. The normalized spacial score (nSPS) is 16.3. The smallest absolute Gasteiger partial charge is 0.251 e. The van der Waals surface area contributed by atoms with Gasteiger partial charge >= 0.3 is 0 Å². The van der Waals surface area contributed by atoms with Crippen molar-refractivity contribution in [3.8, 4) is 17.3 Å². The SMILES string of the molecule is N#Cc1ccc(C(=O)NC2CCCN(c3cc(-c4ccc(F)cc4)[nH]n3)C2)cc1. The second-order valence-electron chi connectivity index (χ2n) is 7.09. The van der Waals surface area contributed by atoms with Crippen LogP contribution in [0, 0.1) is 17.1 Å². The molecule has 1 saturated heterocycles. The minimum absolute atomic E-state index is 0.0119. The number of hydrogen-bond acceptors (Lipinski definition) is 4. The van der Waals surface area contributed by atoms with Gasteiger partial charge in [-0.1, -0.05) is 0 Å². The summed E-state index contributed by atoms with van der Waals surface area (Å²) in [5.41, 5.74) is 2.76. The zero-order valence-electron chi connectivity index (χ0n) is 15.7. The molecule has 2 aromatic carbocycles. The number of nitrogens with zero attached hydrogens (tertiary/aromatic N) is 3. The number of anilines is 1. The van der Waals surface area contributed by atoms with Crippen molar-refractivity contribution < 1.29 is 9.18 Å². The molecule has 0 bridgehead atoms. The van der Waals surface area contributed by atoms with Gasteiger partial charge in [-0.3, -0.25) is 9.89 Å². The lowest BCUT2D eigenvalue weighted by Crippen LogP contribution is -2.48. The summed E-state index contributed by atoms with van der Waals surface area (Å²) in [5, 5.41) is 19.3. The van der Waals surface area contributed by atoms with Crippen LogP contribution < -0.4 is 10.2 Å². The molecule has 0 spiro atoms. The van der Waals surface area contributed by atoms with E-state index in [-0.39, 0.29) is 17.8 Å². The van der Waals surface area contributed by atoms with Crippen molar-refractivity contribution in [2.45, 2.75) is 18.9 Å². The lowest BCUT2D eigenvalue weighted by Gasteiger charge is -2.33. The second kappa shape index (κ2) is 8.15. The van der Waals surface area contributed by atoms with E-state index in [9.17, 15) is 9.18 Å². The number of nitrogens with one attached hydrogen (secondary N) is 2. The van der Waals surface area contributed by atoms with Crippen LogP contribution in [0.15, 0.2) is 54.6 Å². The molecule has 1 atom stereocenters. The number of piperidine rings is 1. The van der Waals surface area contributed by atoms with Gasteiger partial charge < -0.3 is 10.2 Å². The Morgan fingerprint density at radius 1 is 1.21 bits per heavy atom. The predicted molar refractivity (Wildman–Crippen MR) is 108 cm³/mol. The third kappa shape index (κ3) is 4.27. The topological polar surface area (TPSA) is 84.8 Å². The molecular weight excluding hydrogens is 369 g/mol. The van der Waals surface area contributed by atoms with Gasteiger partial charge in [-0.25, -0.2) is 4.39 Å². The highest BCUT2D eigenvalue weighted by molar-refractivity contribution is 5.94. The van der Waals surface area contributed by atoms with E-state index in [1.807, 2.05) is 12.1 Å². The van der Waals surface area contributed by atoms with E-state index in [1.54, 1.807) is 36.4 Å². The third-order valence-electron chi connectivity index (χ3n) is 5.08. The van der Waals surface area contributed by atoms with Gasteiger partial charge in [0.1, 0.15) is 5.82 Å². The summed E-state index contributed by atoms with van der Waals surface area (Å²) in [6.45, 7) is 1.52. The quantitative estimate of drug-likeness (QED) is 0.715. The molecule has 1 fully saturated rings. The van der Waals surface area contributed by atoms with Gasteiger partial charge in [0.15, 0.2) is 5.82 Å². The zero-order valence-corrected chi connectivity index (χ0v) is 15.7. The fourth-order valence-corrected chi connectivity index (χ4v) is 3.52. The van der Waals surface area contributed by atoms with Gasteiger partial charge in [-0.15, -0.1) is 0 Å². The van der Waals surface area contributed by atoms with E-state index in [1.165, 1.54) is 12.1 Å². The van der Waals surface area contributed by atoms with Gasteiger partial charge in [0.25, 0.3) is 5.91 Å². The zero-order chi connectivity index (χ0) is 20.2. The first-order valence-electron chi connectivity index (χ1n) is 9.50. The molecular formula is C22H20FN5O. The maximum Gasteiger partial charge on any atom is 0.251 e. The van der Waals surface area contributed by atoms with Gasteiger partial charge in [0.2, 0.25) is 0 Å². The number of carbonyl (C=O) groups excluding carboxylic acids is 1. The molecule has 0 saturated carbocycles. The van der Waals surface area contributed by atoms with Crippen LogP contribution in [0.25, 0.3) is 11.3 Å². The van der Waals surface area contributed by atoms with Gasteiger partial charge in [-0.05, 0) is 66.9 Å². The van der Waals surface area contributed by atoms with Crippen molar-refractivity contribution in [2.24, 2.45) is 0 Å². The number of rotatable bonds is 4. The molecule has 1 aliphatic heterocycles. The number of aromatic amines is 1. The Morgan fingerprint density at radius 3 is 2.69 bits per heavy atom. The van der Waals surface area contributed by atoms with Crippen molar-refractivity contribution in [1.82, 2.24) is 15.5 Å². The van der Waals surface area contributed by atoms with E-state index in [0.29, 0.717) is 17.7 Å². The number of aromatic nitrogens is 2. The summed E-state index contributed by atoms with van der Waals surface area (Å²) in [6.07, 6.45) is 1.84. The molecule has 7 heteroatoms. The highest BCUT2D eigenvalue weighted by Crippen LogP contribution is 2.24. The first kappa shape index (κ1) is 18.7. The Balaban J connectivity index is 1.41. The molecule has 29 heavy (non-hydrogen) atoms. The molecule has 1 aliphatic rings. The summed E-state index contributed by atoms with van der Waals surface area (Å²) >= 11 is 0. The number of H-pyrrole nitrogens is 1. The van der Waals surface area contributed by atoms with Gasteiger partial charge in [0, 0.05) is 30.8 Å². The number of benzene rings is 2. The van der Waals surface area contributed by atoms with E-state index in [0.717, 1.165) is 36.5 Å². The van der Waals surface area contributed by atoms with E-state index < -0.39 is 0 Å². The van der Waals surface area contributed by atoms with Crippen molar-refractivity contribution >= 4 is 11.7 Å². The summed E-state index contributed by atoms with van der Waals surface area (Å²) in [4.78, 5) is 14.6. The summed E-state index contributed by atoms with van der Waals surface area (Å²) in [7, 11) is 0. The highest BCUT2D eigenvalue weighted by atomic mass is 19.1. The number of amides is 1. The fraction of sp³-hybridized carbons (Fsp3) is 0.227. The first-order chi connectivity index (χ1) is 14.1. The number of nitriles is 1. The Morgan fingerprint density at radius 2 is 1.97 bits per heavy atom. The van der Waals surface area contributed by atoms with E-state index in [4.69, 9.17) is 5.26 Å². The van der Waals surface area contributed by atoms with Crippen LogP contribution in [-0.2, 0) is 0 Å². The highest BCUT2D eigenvalue weighted by Gasteiger charge is 2.23. The van der Waals surface area contributed by atoms with Crippen molar-refractivity contribution in [3.05, 3.63) is 71.5 Å². The number of halogens is 1. The Hall–Kier alpha value is -3.66. The summed E-state index contributed by atoms with van der Waals surface area (Å²) in [6, 6.07) is 16.9. The molecule has 146 valence electrons. The van der Waals surface area contributed by atoms with Crippen LogP contribution in [0.1, 0.15) is 28.8 Å². The third-order valence-corrected chi connectivity index (χ3v) is 5.08. The Kier molecular flexibility index (Phi) is 5.25. The minimum atomic E-state index is -0.273. The minimum Gasteiger partial charge on any atom is -0.353 e. The fourth-order valence-electron chi connectivity index (χ4n) is 3.52. The molecule has 1 amide bonds. The monoisotopic (exact) mass is 389 g/mol. The van der Waals surface area contributed by atoms with Gasteiger partial charge in [0.05, 0.1) is 17.3 Å². The molecule has 2 N–H and O–H groups in total. The molecule has 1 unspecified atom stereocenters. The lowest BCUT2D eigenvalue weighted by atomic mass is 10.0. The second-order valence-corrected chi connectivity index (χ2v) is 7.09. The van der Waals surface area contributed by atoms with E-state index in [2.05, 4.69) is 20.4 Å². The molecule has 4 rings (SSSR count). The van der Waals surface area contributed by atoms with Crippen LogP contribution in [-0.4, -0.2) is 35.2 Å². The van der Waals surface area contributed by atoms with Gasteiger partial charge in [-0.2, -0.15) is 10.4 Å². The standard InChI is InChI=1S/C22H20FN5O/c23-18-9-7-16(8-10-18)20-12-21(27-26-20)28-11-1-2-19(14-28)25-22(29)17-5-3-15(13-24)4-6-17/h3-10,12,19H,1-2,11,14H2,(H,25,29)(H,26,27). The molecule has 1 aromatic heterocycles. The van der Waals surface area contributed by atoms with Crippen LogP contribution in [0.5, 0.6) is 0 Å². The predicted octanol–water partition coefficient (Wildman–Crippen LogP) is 3.49. The molecule has 6 nitrogen and oxygen atoms in total.